The maximum atomic E-state index is 13.6. The summed E-state index contributed by atoms with van der Waals surface area (Å²) in [6.45, 7) is 1.61. The van der Waals surface area contributed by atoms with E-state index in [1.54, 1.807) is 54.4 Å². The van der Waals surface area contributed by atoms with Crippen molar-refractivity contribution in [3.8, 4) is 0 Å². The Morgan fingerprint density at radius 1 is 1.06 bits per heavy atom. The zero-order chi connectivity index (χ0) is 22.6. The van der Waals surface area contributed by atoms with E-state index in [4.69, 9.17) is 0 Å². The lowest BCUT2D eigenvalue weighted by molar-refractivity contribution is -0.384. The van der Waals surface area contributed by atoms with Gasteiger partial charge in [-0.2, -0.15) is 5.10 Å². The van der Waals surface area contributed by atoms with E-state index in [1.807, 2.05) is 0 Å². The third kappa shape index (κ3) is 2.78. The van der Waals surface area contributed by atoms with Crippen molar-refractivity contribution in [3.05, 3.63) is 81.9 Å². The largest absolute Gasteiger partial charge is 0.292 e. The first-order chi connectivity index (χ1) is 15.4. The van der Waals surface area contributed by atoms with Gasteiger partial charge >= 0.3 is 0 Å². The molecule has 3 aliphatic heterocycles. The monoisotopic (exact) mass is 430 g/mol. The van der Waals surface area contributed by atoms with Gasteiger partial charge in [-0.1, -0.05) is 36.4 Å². The smallest absolute Gasteiger partial charge is 0.269 e. The molecule has 2 saturated heterocycles. The van der Waals surface area contributed by atoms with Gasteiger partial charge in [0.1, 0.15) is 6.04 Å². The zero-order valence-corrected chi connectivity index (χ0v) is 17.0. The van der Waals surface area contributed by atoms with Crippen LogP contribution in [0.25, 0.3) is 0 Å². The standard InChI is InChI=1S/C23H18N4O5/c1-13-12-15(27(31)32)9-10-16(13)25-22(29)18-17-8-5-11-24-26(17)20(19(18)23(25)30)21(28)14-6-3-2-4-7-14/h2-12,17-20H,1H3. The highest BCUT2D eigenvalue weighted by atomic mass is 16.6. The highest BCUT2D eigenvalue weighted by molar-refractivity contribution is 6.25. The normalized spacial score (nSPS) is 25.8. The number of imide groups is 1. The number of hydrazone groups is 1. The molecule has 9 nitrogen and oxygen atoms in total. The molecule has 0 bridgehead atoms. The average Bonchev–Trinajstić information content (AvgIpc) is 3.27. The summed E-state index contributed by atoms with van der Waals surface area (Å²) in [6.07, 6.45) is 5.02. The highest BCUT2D eigenvalue weighted by Crippen LogP contribution is 2.46. The Labute approximate surface area is 182 Å². The Kier molecular flexibility index (Phi) is 4.47. The molecule has 3 heterocycles. The van der Waals surface area contributed by atoms with Crippen LogP contribution in [-0.4, -0.2) is 45.8 Å². The van der Waals surface area contributed by atoms with Crippen molar-refractivity contribution in [2.45, 2.75) is 19.0 Å². The molecular weight excluding hydrogens is 412 g/mol. The third-order valence-corrected chi connectivity index (χ3v) is 6.25. The Morgan fingerprint density at radius 3 is 2.47 bits per heavy atom. The van der Waals surface area contributed by atoms with Gasteiger partial charge in [-0.05, 0) is 24.6 Å². The van der Waals surface area contributed by atoms with Crippen molar-refractivity contribution < 1.29 is 19.3 Å². The second-order valence-electron chi connectivity index (χ2n) is 7.99. The second kappa shape index (κ2) is 7.23. The maximum Gasteiger partial charge on any atom is 0.269 e. The van der Waals surface area contributed by atoms with E-state index >= 15 is 0 Å². The number of aryl methyl sites for hydroxylation is 1. The SMILES string of the molecule is Cc1cc([N+](=O)[O-])ccc1N1C(=O)C2C(C1=O)C(C(=O)c1ccccc1)N1N=CC=CC21. The molecule has 160 valence electrons. The van der Waals surface area contributed by atoms with Crippen molar-refractivity contribution in [3.63, 3.8) is 0 Å². The number of allylic oxidation sites excluding steroid dienone is 1. The summed E-state index contributed by atoms with van der Waals surface area (Å²) in [7, 11) is 0. The van der Waals surface area contributed by atoms with E-state index in [-0.39, 0.29) is 11.5 Å². The lowest BCUT2D eigenvalue weighted by Crippen LogP contribution is -2.46. The van der Waals surface area contributed by atoms with Gasteiger partial charge in [-0.15, -0.1) is 0 Å². The summed E-state index contributed by atoms with van der Waals surface area (Å²) >= 11 is 0. The van der Waals surface area contributed by atoms with Gasteiger partial charge in [0.2, 0.25) is 11.8 Å². The van der Waals surface area contributed by atoms with Gasteiger partial charge < -0.3 is 0 Å². The fourth-order valence-electron chi connectivity index (χ4n) is 4.85. The summed E-state index contributed by atoms with van der Waals surface area (Å²) in [4.78, 5) is 52.1. The van der Waals surface area contributed by atoms with Crippen molar-refractivity contribution in [2.75, 3.05) is 4.90 Å². The number of non-ortho nitro benzene ring substituents is 1. The molecule has 3 aliphatic rings. The number of benzene rings is 2. The fourth-order valence-corrected chi connectivity index (χ4v) is 4.85. The molecule has 0 aromatic heterocycles. The van der Waals surface area contributed by atoms with Gasteiger partial charge in [-0.3, -0.25) is 29.5 Å². The Balaban J connectivity index is 1.58. The highest BCUT2D eigenvalue weighted by Gasteiger charge is 2.64. The number of nitro groups is 1. The van der Waals surface area contributed by atoms with E-state index < -0.39 is 40.7 Å². The summed E-state index contributed by atoms with van der Waals surface area (Å²) < 4.78 is 0. The van der Waals surface area contributed by atoms with Crippen LogP contribution in [0.2, 0.25) is 0 Å². The van der Waals surface area contributed by atoms with Crippen LogP contribution < -0.4 is 4.90 Å². The van der Waals surface area contributed by atoms with Crippen molar-refractivity contribution in [1.82, 2.24) is 5.01 Å². The number of amides is 2. The molecule has 9 heteroatoms. The van der Waals surface area contributed by atoms with E-state index in [9.17, 15) is 24.5 Å². The Bertz CT molecular complexity index is 1220. The quantitative estimate of drug-likeness (QED) is 0.319. The molecule has 2 fully saturated rings. The maximum absolute atomic E-state index is 13.6. The van der Waals surface area contributed by atoms with Crippen LogP contribution in [0, 0.1) is 28.9 Å². The fraction of sp³-hybridized carbons (Fsp3) is 0.217. The lowest BCUT2D eigenvalue weighted by atomic mass is 9.86. The lowest BCUT2D eigenvalue weighted by Gasteiger charge is -2.30. The molecule has 0 N–H and O–H groups in total. The molecule has 0 radical (unpaired) electrons. The Morgan fingerprint density at radius 2 is 1.78 bits per heavy atom. The first-order valence-electron chi connectivity index (χ1n) is 10.1. The van der Waals surface area contributed by atoms with Crippen LogP contribution in [0.3, 0.4) is 0 Å². The minimum absolute atomic E-state index is 0.126. The van der Waals surface area contributed by atoms with Gasteiger partial charge in [-0.25, -0.2) is 4.90 Å². The van der Waals surface area contributed by atoms with Crippen LogP contribution in [0.15, 0.2) is 65.8 Å². The number of nitro benzene ring substituents is 1. The Hall–Kier alpha value is -4.14. The molecule has 4 atom stereocenters. The summed E-state index contributed by atoms with van der Waals surface area (Å²) in [5.74, 6) is -2.89. The molecule has 2 amide bonds. The molecule has 0 spiro atoms. The number of carbonyl (C=O) groups excluding carboxylic acids is 3. The van der Waals surface area contributed by atoms with Crippen LogP contribution in [0.4, 0.5) is 11.4 Å². The molecule has 32 heavy (non-hydrogen) atoms. The number of carbonyl (C=O) groups is 3. The average molecular weight is 430 g/mol. The van der Waals surface area contributed by atoms with Gasteiger partial charge in [0.25, 0.3) is 5.69 Å². The van der Waals surface area contributed by atoms with E-state index in [0.29, 0.717) is 16.8 Å². The predicted molar refractivity (Wildman–Crippen MR) is 115 cm³/mol. The predicted octanol–water partition coefficient (Wildman–Crippen LogP) is 2.50. The van der Waals surface area contributed by atoms with Crippen LogP contribution in [0.5, 0.6) is 0 Å². The number of fused-ring (bicyclic) bond motifs is 3. The first kappa shape index (κ1) is 19.8. The van der Waals surface area contributed by atoms with Crippen LogP contribution >= 0.6 is 0 Å². The summed E-state index contributed by atoms with van der Waals surface area (Å²) in [5.41, 5.74) is 1.03. The topological polar surface area (TPSA) is 113 Å². The number of rotatable bonds is 4. The van der Waals surface area contributed by atoms with E-state index in [0.717, 1.165) is 4.90 Å². The summed E-state index contributed by atoms with van der Waals surface area (Å²) in [5, 5.41) is 17.0. The van der Waals surface area contributed by atoms with Gasteiger partial charge in [0, 0.05) is 23.9 Å². The molecule has 4 unspecified atom stereocenters. The van der Waals surface area contributed by atoms with Crippen molar-refractivity contribution >= 4 is 35.2 Å². The number of hydrogen-bond donors (Lipinski definition) is 0. The number of anilines is 1. The van der Waals surface area contributed by atoms with E-state index in [2.05, 4.69) is 5.10 Å². The van der Waals surface area contributed by atoms with Crippen molar-refractivity contribution in [2.24, 2.45) is 16.9 Å². The minimum Gasteiger partial charge on any atom is -0.292 e. The third-order valence-electron chi connectivity index (χ3n) is 6.25. The first-order valence-corrected chi connectivity index (χ1v) is 10.1. The number of ketones is 1. The second-order valence-corrected chi connectivity index (χ2v) is 7.99. The summed E-state index contributed by atoms with van der Waals surface area (Å²) in [6, 6.07) is 11.2. The van der Waals surface area contributed by atoms with Gasteiger partial charge in [0.05, 0.1) is 28.5 Å². The van der Waals surface area contributed by atoms with Crippen LogP contribution in [-0.2, 0) is 9.59 Å². The van der Waals surface area contributed by atoms with Crippen LogP contribution in [0.1, 0.15) is 15.9 Å². The number of Topliss-reactive ketones (excluding diaryl/α,β-unsaturated/α-hetero) is 1. The molecule has 2 aromatic carbocycles. The minimum atomic E-state index is -0.923. The zero-order valence-electron chi connectivity index (χ0n) is 17.0. The van der Waals surface area contributed by atoms with Gasteiger partial charge in [0.15, 0.2) is 5.78 Å². The number of hydrogen-bond acceptors (Lipinski definition) is 7. The van der Waals surface area contributed by atoms with Crippen molar-refractivity contribution in [1.29, 1.82) is 0 Å². The van der Waals surface area contributed by atoms with E-state index in [1.165, 1.54) is 24.4 Å². The molecular formula is C23H18N4O5. The molecule has 2 aromatic rings. The molecule has 5 rings (SSSR count). The molecule has 0 saturated carbocycles. The molecule has 0 aliphatic carbocycles. The number of nitrogens with zero attached hydrogens (tertiary/aromatic N) is 4.